The SMILES string of the molecule is CC(C)(C)CCCCNC(=O)C1C2CCC(C2)C1N. The second-order valence-electron chi connectivity index (χ2n) is 7.75. The zero-order chi connectivity index (χ0) is 14.0. The van der Waals surface area contributed by atoms with E-state index in [0.29, 0.717) is 17.3 Å². The number of rotatable bonds is 5. The Labute approximate surface area is 117 Å². The molecule has 0 heterocycles. The van der Waals surface area contributed by atoms with Crippen molar-refractivity contribution < 1.29 is 4.79 Å². The Morgan fingerprint density at radius 3 is 2.47 bits per heavy atom. The third kappa shape index (κ3) is 3.71. The largest absolute Gasteiger partial charge is 0.356 e. The van der Waals surface area contributed by atoms with E-state index in [2.05, 4.69) is 26.1 Å². The fourth-order valence-electron chi connectivity index (χ4n) is 3.83. The number of fused-ring (bicyclic) bond motifs is 2. The summed E-state index contributed by atoms with van der Waals surface area (Å²) in [4.78, 5) is 12.2. The van der Waals surface area contributed by atoms with Gasteiger partial charge in [0.25, 0.3) is 0 Å². The zero-order valence-electron chi connectivity index (χ0n) is 12.7. The van der Waals surface area contributed by atoms with Crippen molar-refractivity contribution in [3.05, 3.63) is 0 Å². The number of amides is 1. The number of hydrogen-bond donors (Lipinski definition) is 2. The molecule has 19 heavy (non-hydrogen) atoms. The first-order valence-corrected chi connectivity index (χ1v) is 7.92. The van der Waals surface area contributed by atoms with Gasteiger partial charge >= 0.3 is 0 Å². The molecule has 3 nitrogen and oxygen atoms in total. The Morgan fingerprint density at radius 1 is 1.21 bits per heavy atom. The second kappa shape index (κ2) is 5.82. The van der Waals surface area contributed by atoms with Crippen molar-refractivity contribution in [2.75, 3.05) is 6.54 Å². The summed E-state index contributed by atoms with van der Waals surface area (Å²) in [5.41, 5.74) is 6.59. The van der Waals surface area contributed by atoms with Crippen molar-refractivity contribution >= 4 is 5.91 Å². The van der Waals surface area contributed by atoms with E-state index >= 15 is 0 Å². The molecule has 0 aromatic rings. The average molecular weight is 266 g/mol. The number of unbranched alkanes of at least 4 members (excludes halogenated alkanes) is 1. The maximum absolute atomic E-state index is 12.2. The number of nitrogens with two attached hydrogens (primary N) is 1. The lowest BCUT2D eigenvalue weighted by Crippen LogP contribution is -2.45. The second-order valence-corrected chi connectivity index (χ2v) is 7.75. The van der Waals surface area contributed by atoms with E-state index in [4.69, 9.17) is 5.73 Å². The molecular formula is C16H30N2O. The first-order valence-electron chi connectivity index (χ1n) is 7.92. The quantitative estimate of drug-likeness (QED) is 0.752. The van der Waals surface area contributed by atoms with Crippen LogP contribution in [0.1, 0.15) is 59.3 Å². The van der Waals surface area contributed by atoms with Crippen molar-refractivity contribution in [2.45, 2.75) is 65.3 Å². The van der Waals surface area contributed by atoms with Crippen LogP contribution in [0.25, 0.3) is 0 Å². The summed E-state index contributed by atoms with van der Waals surface area (Å²) in [5.74, 6) is 1.49. The Bertz CT molecular complexity index is 319. The molecule has 2 rings (SSSR count). The van der Waals surface area contributed by atoms with Crippen LogP contribution in [-0.4, -0.2) is 18.5 Å². The van der Waals surface area contributed by atoms with Gasteiger partial charge < -0.3 is 11.1 Å². The molecule has 3 N–H and O–H groups in total. The van der Waals surface area contributed by atoms with E-state index in [1.54, 1.807) is 0 Å². The first-order chi connectivity index (χ1) is 8.88. The molecule has 2 aliphatic rings. The van der Waals surface area contributed by atoms with Crippen LogP contribution in [0, 0.1) is 23.2 Å². The van der Waals surface area contributed by atoms with Gasteiger partial charge in [0.2, 0.25) is 5.91 Å². The van der Waals surface area contributed by atoms with Gasteiger partial charge in [0.1, 0.15) is 0 Å². The highest BCUT2D eigenvalue weighted by molar-refractivity contribution is 5.80. The van der Waals surface area contributed by atoms with E-state index < -0.39 is 0 Å². The van der Waals surface area contributed by atoms with Gasteiger partial charge in [0.15, 0.2) is 0 Å². The van der Waals surface area contributed by atoms with E-state index in [1.165, 1.54) is 32.1 Å². The molecule has 110 valence electrons. The van der Waals surface area contributed by atoms with Crippen LogP contribution in [-0.2, 0) is 4.79 Å². The predicted molar refractivity (Wildman–Crippen MR) is 78.6 cm³/mol. The Hall–Kier alpha value is -0.570. The minimum Gasteiger partial charge on any atom is -0.356 e. The molecule has 0 saturated heterocycles. The van der Waals surface area contributed by atoms with Gasteiger partial charge in [-0.3, -0.25) is 4.79 Å². The third-order valence-electron chi connectivity index (χ3n) is 4.94. The third-order valence-corrected chi connectivity index (χ3v) is 4.94. The minimum absolute atomic E-state index is 0.0985. The molecule has 0 aromatic carbocycles. The molecule has 2 bridgehead atoms. The molecule has 2 saturated carbocycles. The van der Waals surface area contributed by atoms with E-state index in [0.717, 1.165) is 13.0 Å². The van der Waals surface area contributed by atoms with Gasteiger partial charge in [0, 0.05) is 12.6 Å². The predicted octanol–water partition coefficient (Wildman–Crippen LogP) is 2.69. The van der Waals surface area contributed by atoms with E-state index in [1.807, 2.05) is 0 Å². The molecule has 0 radical (unpaired) electrons. The van der Waals surface area contributed by atoms with Crippen molar-refractivity contribution in [1.82, 2.24) is 5.32 Å². The van der Waals surface area contributed by atoms with Crippen LogP contribution >= 0.6 is 0 Å². The number of hydrogen-bond acceptors (Lipinski definition) is 2. The Morgan fingerprint density at radius 2 is 1.89 bits per heavy atom. The van der Waals surface area contributed by atoms with Gasteiger partial charge in [0.05, 0.1) is 5.92 Å². The lowest BCUT2D eigenvalue weighted by Gasteiger charge is -2.27. The average Bonchev–Trinajstić information content (AvgIpc) is 2.87. The standard InChI is InChI=1S/C16H30N2O/c1-16(2,3)8-4-5-9-18-15(19)13-11-6-7-12(10-11)14(13)17/h11-14H,4-10,17H2,1-3H3,(H,18,19). The summed E-state index contributed by atoms with van der Waals surface area (Å²) in [6.45, 7) is 7.61. The zero-order valence-corrected chi connectivity index (χ0v) is 12.7. The maximum Gasteiger partial charge on any atom is 0.224 e. The van der Waals surface area contributed by atoms with Crippen molar-refractivity contribution in [2.24, 2.45) is 28.9 Å². The van der Waals surface area contributed by atoms with E-state index in [-0.39, 0.29) is 17.9 Å². The topological polar surface area (TPSA) is 55.1 Å². The maximum atomic E-state index is 12.2. The molecule has 0 aromatic heterocycles. The molecule has 3 heteroatoms. The molecular weight excluding hydrogens is 236 g/mol. The highest BCUT2D eigenvalue weighted by Gasteiger charge is 2.48. The summed E-state index contributed by atoms with van der Waals surface area (Å²) in [6, 6.07) is 0.119. The van der Waals surface area contributed by atoms with Crippen molar-refractivity contribution in [3.63, 3.8) is 0 Å². The fraction of sp³-hybridized carbons (Fsp3) is 0.938. The Kier molecular flexibility index (Phi) is 4.54. The molecule has 2 aliphatic carbocycles. The lowest BCUT2D eigenvalue weighted by molar-refractivity contribution is -0.127. The van der Waals surface area contributed by atoms with Gasteiger partial charge in [-0.25, -0.2) is 0 Å². The van der Waals surface area contributed by atoms with Crippen LogP contribution in [0.3, 0.4) is 0 Å². The van der Waals surface area contributed by atoms with Crippen LogP contribution in [0.2, 0.25) is 0 Å². The summed E-state index contributed by atoms with van der Waals surface area (Å²) in [5, 5.41) is 3.11. The van der Waals surface area contributed by atoms with Gasteiger partial charge in [-0.2, -0.15) is 0 Å². The minimum atomic E-state index is 0.0985. The normalized spacial score (nSPS) is 33.7. The number of carbonyl (C=O) groups excluding carboxylic acids is 1. The summed E-state index contributed by atoms with van der Waals surface area (Å²) >= 11 is 0. The summed E-state index contributed by atoms with van der Waals surface area (Å²) in [7, 11) is 0. The van der Waals surface area contributed by atoms with Crippen LogP contribution in [0.4, 0.5) is 0 Å². The van der Waals surface area contributed by atoms with Crippen molar-refractivity contribution in [3.8, 4) is 0 Å². The molecule has 1 amide bonds. The van der Waals surface area contributed by atoms with Gasteiger partial charge in [-0.15, -0.1) is 0 Å². The van der Waals surface area contributed by atoms with Crippen LogP contribution in [0.5, 0.6) is 0 Å². The van der Waals surface area contributed by atoms with Gasteiger partial charge in [-0.05, 0) is 49.4 Å². The van der Waals surface area contributed by atoms with Crippen LogP contribution < -0.4 is 11.1 Å². The monoisotopic (exact) mass is 266 g/mol. The van der Waals surface area contributed by atoms with Crippen LogP contribution in [0.15, 0.2) is 0 Å². The first kappa shape index (κ1) is 14.8. The summed E-state index contributed by atoms with van der Waals surface area (Å²) < 4.78 is 0. The lowest BCUT2D eigenvalue weighted by atomic mass is 9.84. The summed E-state index contributed by atoms with van der Waals surface area (Å²) in [6.07, 6.45) is 7.12. The molecule has 0 spiro atoms. The molecule has 4 unspecified atom stereocenters. The number of nitrogens with one attached hydrogen (secondary N) is 1. The van der Waals surface area contributed by atoms with Crippen molar-refractivity contribution in [1.29, 1.82) is 0 Å². The highest BCUT2D eigenvalue weighted by Crippen LogP contribution is 2.47. The molecule has 0 aliphatic heterocycles. The van der Waals surface area contributed by atoms with Gasteiger partial charge in [-0.1, -0.05) is 27.2 Å². The molecule has 4 atom stereocenters. The Balaban J connectivity index is 1.65. The smallest absolute Gasteiger partial charge is 0.224 e. The molecule has 2 fully saturated rings. The number of carbonyl (C=O) groups is 1. The van der Waals surface area contributed by atoms with E-state index in [9.17, 15) is 4.79 Å². The highest BCUT2D eigenvalue weighted by atomic mass is 16.1. The fourth-order valence-corrected chi connectivity index (χ4v) is 3.83.